The van der Waals surface area contributed by atoms with Gasteiger partial charge in [-0.3, -0.25) is 4.79 Å². The second-order valence-corrected chi connectivity index (χ2v) is 13.8. The first-order valence-electron chi connectivity index (χ1n) is 17.2. The lowest BCUT2D eigenvalue weighted by atomic mass is 9.89. The number of carbonyl (C=O) groups excluding carboxylic acids is 1. The van der Waals surface area contributed by atoms with E-state index in [0.29, 0.717) is 56.3 Å². The van der Waals surface area contributed by atoms with Gasteiger partial charge in [-0.1, -0.05) is 12.5 Å². The van der Waals surface area contributed by atoms with Crippen LogP contribution in [-0.2, 0) is 17.6 Å². The first-order valence-corrected chi connectivity index (χ1v) is 17.2. The highest BCUT2D eigenvalue weighted by Crippen LogP contribution is 2.41. The van der Waals surface area contributed by atoms with Gasteiger partial charge in [-0.25, -0.2) is 18.7 Å². The third kappa shape index (κ3) is 6.27. The lowest BCUT2D eigenvalue weighted by Crippen LogP contribution is -2.47. The van der Waals surface area contributed by atoms with Crippen molar-refractivity contribution in [2.45, 2.75) is 69.2 Å². The van der Waals surface area contributed by atoms with E-state index in [1.807, 2.05) is 23.8 Å². The summed E-state index contributed by atoms with van der Waals surface area (Å²) in [7, 11) is 1.98. The third-order valence-electron chi connectivity index (χ3n) is 10.5. The zero-order chi connectivity index (χ0) is 35.0. The van der Waals surface area contributed by atoms with Crippen LogP contribution in [0, 0.1) is 18.2 Å². The smallest absolute Gasteiger partial charge is 0.318 e. The fourth-order valence-corrected chi connectivity index (χ4v) is 8.10. The molecule has 1 amide bonds. The molecule has 0 radical (unpaired) electrons. The first kappa shape index (κ1) is 33.5. The highest BCUT2D eigenvalue weighted by Gasteiger charge is 2.44. The Bertz CT molecular complexity index is 1810. The van der Waals surface area contributed by atoms with E-state index < -0.39 is 17.5 Å². The van der Waals surface area contributed by atoms with Gasteiger partial charge in [0.05, 0.1) is 35.6 Å². The Morgan fingerprint density at radius 3 is 2.92 bits per heavy atom. The summed E-state index contributed by atoms with van der Waals surface area (Å²) < 4.78 is 42.1. The number of rotatable bonds is 9. The minimum atomic E-state index is -1.05. The summed E-state index contributed by atoms with van der Waals surface area (Å²) in [5, 5.41) is 0. The zero-order valence-electron chi connectivity index (χ0n) is 28.5. The van der Waals surface area contributed by atoms with Gasteiger partial charge in [-0.05, 0) is 56.9 Å². The predicted molar refractivity (Wildman–Crippen MR) is 186 cm³/mol. The lowest BCUT2D eigenvalue weighted by molar-refractivity contribution is -0.126. The summed E-state index contributed by atoms with van der Waals surface area (Å²) in [5.41, 5.74) is 1.93. The molecule has 7 rings (SSSR count). The summed E-state index contributed by atoms with van der Waals surface area (Å²) >= 11 is 0. The zero-order valence-corrected chi connectivity index (χ0v) is 28.5. The van der Waals surface area contributed by atoms with Crippen LogP contribution in [0.5, 0.6) is 11.8 Å². The molecule has 3 aromatic rings. The van der Waals surface area contributed by atoms with Crippen molar-refractivity contribution in [1.29, 1.82) is 0 Å². The molecule has 13 heteroatoms. The van der Waals surface area contributed by atoms with E-state index in [1.54, 1.807) is 18.3 Å². The van der Waals surface area contributed by atoms with Gasteiger partial charge in [0.1, 0.15) is 48.9 Å². The molecule has 3 aliphatic heterocycles. The molecule has 5 heterocycles. The monoisotopic (exact) mass is 684 g/mol. The van der Waals surface area contributed by atoms with Gasteiger partial charge in [0, 0.05) is 56.8 Å². The molecule has 2 aromatic heterocycles. The number of nitrogens with zero attached hydrogens (tertiary/aromatic N) is 8. The molecule has 2 saturated heterocycles. The Morgan fingerprint density at radius 1 is 1.28 bits per heavy atom. The SMILES string of the molecule is C#Cc1c(F)ccc2c1N([C@@H]1CCc3c(nc(OC[C@]4(C)C[C@@H](F)CN4c4ccncn4)nc3N(C)C[C@@H]3CCCN3C(=O)C=C)C1)CCO2. The Kier molecular flexibility index (Phi) is 9.20. The van der Waals surface area contributed by atoms with Crippen LogP contribution in [0.15, 0.2) is 43.4 Å². The van der Waals surface area contributed by atoms with Crippen molar-refractivity contribution in [3.05, 3.63) is 66.0 Å². The quantitative estimate of drug-likeness (QED) is 0.242. The normalized spacial score (nSPS) is 24.2. The van der Waals surface area contributed by atoms with Gasteiger partial charge in [-0.2, -0.15) is 9.97 Å². The number of hydrogen-bond donors (Lipinski definition) is 0. The van der Waals surface area contributed by atoms with Crippen molar-refractivity contribution in [2.24, 2.45) is 0 Å². The van der Waals surface area contributed by atoms with Crippen LogP contribution in [0.1, 0.15) is 49.4 Å². The van der Waals surface area contributed by atoms with Crippen LogP contribution in [-0.4, -0.2) is 101 Å². The maximum atomic E-state index is 14.9. The van der Waals surface area contributed by atoms with Crippen molar-refractivity contribution in [1.82, 2.24) is 24.8 Å². The number of alkyl halides is 1. The molecule has 0 unspecified atom stereocenters. The van der Waals surface area contributed by atoms with Gasteiger partial charge < -0.3 is 29.1 Å². The van der Waals surface area contributed by atoms with E-state index in [4.69, 9.17) is 25.9 Å². The third-order valence-corrected chi connectivity index (χ3v) is 10.5. The van der Waals surface area contributed by atoms with Gasteiger partial charge in [-0.15, -0.1) is 6.42 Å². The number of halogens is 2. The number of terminal acetylenes is 1. The van der Waals surface area contributed by atoms with Crippen LogP contribution in [0.4, 0.5) is 26.1 Å². The van der Waals surface area contributed by atoms with E-state index in [9.17, 15) is 13.6 Å². The van der Waals surface area contributed by atoms with Crippen LogP contribution in [0.3, 0.4) is 0 Å². The number of amides is 1. The van der Waals surface area contributed by atoms with Crippen LogP contribution >= 0.6 is 0 Å². The summed E-state index contributed by atoms with van der Waals surface area (Å²) in [6.07, 6.45) is 13.3. The number of likely N-dealkylation sites (tertiary alicyclic amines) is 1. The fraction of sp³-hybridized carbons (Fsp3) is 0.486. The molecule has 1 aromatic carbocycles. The maximum absolute atomic E-state index is 14.9. The second kappa shape index (κ2) is 13.7. The Morgan fingerprint density at radius 2 is 2.14 bits per heavy atom. The van der Waals surface area contributed by atoms with Crippen LogP contribution < -0.4 is 24.2 Å². The van der Waals surface area contributed by atoms with Gasteiger partial charge >= 0.3 is 6.01 Å². The largest absolute Gasteiger partial charge is 0.490 e. The van der Waals surface area contributed by atoms with Gasteiger partial charge in [0.15, 0.2) is 0 Å². The van der Waals surface area contributed by atoms with E-state index in [0.717, 1.165) is 36.3 Å². The highest BCUT2D eigenvalue weighted by atomic mass is 19.1. The number of fused-ring (bicyclic) bond motifs is 2. The number of aromatic nitrogens is 4. The predicted octanol–water partition coefficient (Wildman–Crippen LogP) is 4.14. The average molecular weight is 685 g/mol. The summed E-state index contributed by atoms with van der Waals surface area (Å²) in [6, 6.07) is 4.93. The van der Waals surface area contributed by atoms with Gasteiger partial charge in [0.25, 0.3) is 0 Å². The molecule has 11 nitrogen and oxygen atoms in total. The molecule has 2 fully saturated rings. The second-order valence-electron chi connectivity index (χ2n) is 13.8. The molecule has 0 bridgehead atoms. The Balaban J connectivity index is 1.20. The van der Waals surface area contributed by atoms with E-state index in [-0.39, 0.29) is 49.1 Å². The number of carbonyl (C=O) groups is 1. The molecule has 0 spiro atoms. The molecule has 262 valence electrons. The van der Waals surface area contributed by atoms with Crippen LogP contribution in [0.2, 0.25) is 0 Å². The van der Waals surface area contributed by atoms with Crippen molar-refractivity contribution in [2.75, 3.05) is 61.1 Å². The molecule has 0 saturated carbocycles. The fourth-order valence-electron chi connectivity index (χ4n) is 8.10. The van der Waals surface area contributed by atoms with E-state index in [1.165, 1.54) is 18.5 Å². The summed E-state index contributed by atoms with van der Waals surface area (Å²) in [5.74, 6) is 3.95. The Hall–Kier alpha value is -4.99. The summed E-state index contributed by atoms with van der Waals surface area (Å²) in [6.45, 7) is 8.26. The molecule has 50 heavy (non-hydrogen) atoms. The molecule has 1 aliphatic carbocycles. The first-order chi connectivity index (χ1) is 24.2. The van der Waals surface area contributed by atoms with Crippen molar-refractivity contribution in [3.8, 4) is 24.1 Å². The molecular formula is C37H42F2N8O3. The molecular weight excluding hydrogens is 642 g/mol. The highest BCUT2D eigenvalue weighted by molar-refractivity contribution is 5.87. The minimum Gasteiger partial charge on any atom is -0.490 e. The Labute approximate surface area is 291 Å². The number of ether oxygens (including phenoxy) is 2. The van der Waals surface area contributed by atoms with E-state index >= 15 is 0 Å². The number of benzene rings is 1. The topological polar surface area (TPSA) is 100 Å². The number of hydrogen-bond acceptors (Lipinski definition) is 10. The van der Waals surface area contributed by atoms with Crippen molar-refractivity contribution >= 4 is 23.2 Å². The standard InChI is InChI=1S/C37H42F2N8O3/c1-5-27-29(39)11-12-31-34(27)46(16-17-49-31)25-9-10-28-30(18-25)42-36(43-35(28)44(4)21-26-8-7-15-45(26)33(48)6-2)50-22-37(3)19-24(38)20-47(37)32-13-14-40-23-41-32/h1,6,11-14,23-26H,2,7-10,15-22H2,3-4H3/t24-,25-,26+,37+/m1/s1. The summed E-state index contributed by atoms with van der Waals surface area (Å²) in [4.78, 5) is 39.0. The maximum Gasteiger partial charge on any atom is 0.318 e. The lowest BCUT2D eigenvalue weighted by Gasteiger charge is -2.41. The van der Waals surface area contributed by atoms with Crippen molar-refractivity contribution < 1.29 is 23.0 Å². The molecule has 0 N–H and O–H groups in total. The molecule has 4 atom stereocenters. The van der Waals surface area contributed by atoms with Crippen LogP contribution in [0.25, 0.3) is 0 Å². The van der Waals surface area contributed by atoms with Gasteiger partial charge in [0.2, 0.25) is 5.91 Å². The minimum absolute atomic E-state index is 0.0130. The average Bonchev–Trinajstić information content (AvgIpc) is 3.72. The molecule has 4 aliphatic rings. The number of anilines is 3. The van der Waals surface area contributed by atoms with E-state index in [2.05, 4.69) is 32.3 Å². The number of likely N-dealkylation sites (N-methyl/N-ethyl adjacent to an activating group) is 1. The van der Waals surface area contributed by atoms with Crippen molar-refractivity contribution in [3.63, 3.8) is 0 Å².